The lowest BCUT2D eigenvalue weighted by molar-refractivity contribution is 0.591. The number of aromatic nitrogens is 4. The van der Waals surface area contributed by atoms with Gasteiger partial charge in [-0.25, -0.2) is 0 Å². The van der Waals surface area contributed by atoms with Crippen molar-refractivity contribution in [3.05, 3.63) is 12.3 Å². The fourth-order valence-electron chi connectivity index (χ4n) is 0.999. The van der Waals surface area contributed by atoms with E-state index in [2.05, 4.69) is 20.6 Å². The van der Waals surface area contributed by atoms with Gasteiger partial charge in [-0.1, -0.05) is 10.2 Å². The van der Waals surface area contributed by atoms with Crippen LogP contribution < -0.4 is 11.1 Å². The van der Waals surface area contributed by atoms with Crippen molar-refractivity contribution >= 4 is 17.8 Å². The monoisotopic (exact) mass is 194 g/mol. The first-order valence-electron chi connectivity index (χ1n) is 4.17. The SMILES string of the molecule is CCn1ccc(Nc2nnc(N)o2)n1. The average Bonchev–Trinajstić information content (AvgIpc) is 2.76. The first kappa shape index (κ1) is 8.54. The Balaban J connectivity index is 2.10. The van der Waals surface area contributed by atoms with E-state index >= 15 is 0 Å². The Kier molecular flexibility index (Phi) is 2.05. The van der Waals surface area contributed by atoms with Gasteiger partial charge in [-0.15, -0.1) is 0 Å². The van der Waals surface area contributed by atoms with E-state index in [4.69, 9.17) is 10.2 Å². The third kappa shape index (κ3) is 1.65. The zero-order valence-electron chi connectivity index (χ0n) is 7.64. The topological polar surface area (TPSA) is 94.8 Å². The lowest BCUT2D eigenvalue weighted by atomic mass is 10.6. The largest absolute Gasteiger partial charge is 0.389 e. The van der Waals surface area contributed by atoms with Crippen molar-refractivity contribution in [1.82, 2.24) is 20.0 Å². The Morgan fingerprint density at radius 3 is 3.00 bits per heavy atom. The van der Waals surface area contributed by atoms with Crippen LogP contribution >= 0.6 is 0 Å². The molecular weight excluding hydrogens is 184 g/mol. The minimum atomic E-state index is 0.0300. The molecule has 0 atom stereocenters. The number of hydrogen-bond donors (Lipinski definition) is 2. The molecular formula is C7H10N6O. The van der Waals surface area contributed by atoms with E-state index in [9.17, 15) is 0 Å². The van der Waals surface area contributed by atoms with Crippen molar-refractivity contribution in [2.75, 3.05) is 11.1 Å². The van der Waals surface area contributed by atoms with Gasteiger partial charge in [-0.3, -0.25) is 10.00 Å². The molecule has 0 spiro atoms. The van der Waals surface area contributed by atoms with Crippen LogP contribution in [-0.4, -0.2) is 20.0 Å². The van der Waals surface area contributed by atoms with Crippen molar-refractivity contribution in [2.24, 2.45) is 0 Å². The standard InChI is InChI=1S/C7H10N6O/c1-2-13-4-3-5(12-13)9-7-11-10-6(8)14-7/h3-4H,2H2,1H3,(H2,8,10)(H,9,11,12). The van der Waals surface area contributed by atoms with Gasteiger partial charge >= 0.3 is 12.0 Å². The Labute approximate surface area is 79.9 Å². The molecule has 7 nitrogen and oxygen atoms in total. The summed E-state index contributed by atoms with van der Waals surface area (Å²) in [6, 6.07) is 2.08. The first-order valence-corrected chi connectivity index (χ1v) is 4.17. The van der Waals surface area contributed by atoms with Crippen LogP contribution in [0.3, 0.4) is 0 Å². The molecule has 3 N–H and O–H groups in total. The second-order valence-corrected chi connectivity index (χ2v) is 2.63. The summed E-state index contributed by atoms with van der Waals surface area (Å²) in [6.07, 6.45) is 1.85. The van der Waals surface area contributed by atoms with E-state index in [-0.39, 0.29) is 12.0 Å². The molecule has 2 heterocycles. The number of nitrogen functional groups attached to an aromatic ring is 1. The predicted octanol–water partition coefficient (Wildman–Crippen LogP) is 0.612. The number of nitrogens with zero attached hydrogens (tertiary/aromatic N) is 4. The van der Waals surface area contributed by atoms with E-state index in [1.165, 1.54) is 0 Å². The van der Waals surface area contributed by atoms with Gasteiger partial charge in [0.05, 0.1) is 0 Å². The molecule has 7 heteroatoms. The minimum Gasteiger partial charge on any atom is -0.389 e. The third-order valence-corrected chi connectivity index (χ3v) is 1.64. The average molecular weight is 194 g/mol. The van der Waals surface area contributed by atoms with Crippen LogP contribution in [0.5, 0.6) is 0 Å². The molecule has 2 aromatic heterocycles. The zero-order chi connectivity index (χ0) is 9.97. The molecule has 0 aliphatic carbocycles. The fraction of sp³-hybridized carbons (Fsp3) is 0.286. The zero-order valence-corrected chi connectivity index (χ0v) is 7.64. The van der Waals surface area contributed by atoms with Gasteiger partial charge in [-0.2, -0.15) is 5.10 Å². The molecule has 0 aliphatic heterocycles. The summed E-state index contributed by atoms with van der Waals surface area (Å²) in [4.78, 5) is 0. The normalized spacial score (nSPS) is 10.4. The lowest BCUT2D eigenvalue weighted by Gasteiger charge is -1.94. The highest BCUT2D eigenvalue weighted by Crippen LogP contribution is 2.12. The van der Waals surface area contributed by atoms with Crippen molar-refractivity contribution < 1.29 is 4.42 Å². The molecule has 0 saturated heterocycles. The molecule has 0 bridgehead atoms. The minimum absolute atomic E-state index is 0.0300. The quantitative estimate of drug-likeness (QED) is 0.743. The highest BCUT2D eigenvalue weighted by atomic mass is 16.4. The van der Waals surface area contributed by atoms with E-state index in [1.54, 1.807) is 4.68 Å². The number of rotatable bonds is 3. The van der Waals surface area contributed by atoms with E-state index < -0.39 is 0 Å². The first-order chi connectivity index (χ1) is 6.78. The van der Waals surface area contributed by atoms with Gasteiger partial charge in [0, 0.05) is 18.8 Å². The molecule has 0 amide bonds. The second kappa shape index (κ2) is 3.36. The van der Waals surface area contributed by atoms with Gasteiger partial charge in [0.25, 0.3) is 0 Å². The number of aryl methyl sites for hydroxylation is 1. The molecule has 2 rings (SSSR count). The summed E-state index contributed by atoms with van der Waals surface area (Å²) >= 11 is 0. The summed E-state index contributed by atoms with van der Waals surface area (Å²) in [5, 5.41) is 14.1. The van der Waals surface area contributed by atoms with Crippen molar-refractivity contribution in [3.63, 3.8) is 0 Å². The van der Waals surface area contributed by atoms with Gasteiger partial charge in [0.1, 0.15) is 0 Å². The smallest absolute Gasteiger partial charge is 0.322 e. The molecule has 0 radical (unpaired) electrons. The van der Waals surface area contributed by atoms with Gasteiger partial charge in [0.2, 0.25) is 0 Å². The molecule has 2 aromatic rings. The van der Waals surface area contributed by atoms with Crippen molar-refractivity contribution in [2.45, 2.75) is 13.5 Å². The number of hydrogen-bond acceptors (Lipinski definition) is 6. The van der Waals surface area contributed by atoms with E-state index in [0.717, 1.165) is 6.54 Å². The molecule has 0 fully saturated rings. The van der Waals surface area contributed by atoms with Crippen molar-refractivity contribution in [1.29, 1.82) is 0 Å². The van der Waals surface area contributed by atoms with Gasteiger partial charge < -0.3 is 10.2 Å². The van der Waals surface area contributed by atoms with Crippen LogP contribution in [0.15, 0.2) is 16.7 Å². The van der Waals surface area contributed by atoms with Crippen LogP contribution in [0.25, 0.3) is 0 Å². The van der Waals surface area contributed by atoms with Crippen LogP contribution in [0.1, 0.15) is 6.92 Å². The molecule has 0 aromatic carbocycles. The fourth-order valence-corrected chi connectivity index (χ4v) is 0.999. The summed E-state index contributed by atoms with van der Waals surface area (Å²) < 4.78 is 6.71. The summed E-state index contributed by atoms with van der Waals surface area (Å²) in [5.74, 6) is 0.649. The lowest BCUT2D eigenvalue weighted by Crippen LogP contribution is -1.96. The molecule has 14 heavy (non-hydrogen) atoms. The maximum atomic E-state index is 5.26. The molecule has 0 saturated carbocycles. The highest BCUT2D eigenvalue weighted by molar-refractivity contribution is 5.44. The second-order valence-electron chi connectivity index (χ2n) is 2.63. The van der Waals surface area contributed by atoms with Crippen LogP contribution in [-0.2, 0) is 6.54 Å². The Morgan fingerprint density at radius 1 is 1.57 bits per heavy atom. The molecule has 0 unspecified atom stereocenters. The van der Waals surface area contributed by atoms with Crippen LogP contribution in [0, 0.1) is 0 Å². The number of nitrogens with two attached hydrogens (primary N) is 1. The van der Waals surface area contributed by atoms with Gasteiger partial charge in [0.15, 0.2) is 5.82 Å². The molecule has 0 aliphatic rings. The van der Waals surface area contributed by atoms with Crippen LogP contribution in [0.4, 0.5) is 17.8 Å². The predicted molar refractivity (Wildman–Crippen MR) is 49.9 cm³/mol. The highest BCUT2D eigenvalue weighted by Gasteiger charge is 2.04. The maximum absolute atomic E-state index is 5.26. The third-order valence-electron chi connectivity index (χ3n) is 1.64. The maximum Gasteiger partial charge on any atom is 0.322 e. The Bertz CT molecular complexity index is 419. The van der Waals surface area contributed by atoms with E-state index in [1.807, 2.05) is 19.2 Å². The van der Waals surface area contributed by atoms with E-state index in [0.29, 0.717) is 5.82 Å². The summed E-state index contributed by atoms with van der Waals surface area (Å²) in [6.45, 7) is 2.81. The summed E-state index contributed by atoms with van der Waals surface area (Å²) in [5.41, 5.74) is 5.26. The van der Waals surface area contributed by atoms with Crippen molar-refractivity contribution in [3.8, 4) is 0 Å². The number of nitrogens with one attached hydrogen (secondary N) is 1. The molecule has 74 valence electrons. The summed E-state index contributed by atoms with van der Waals surface area (Å²) in [7, 11) is 0. The Morgan fingerprint density at radius 2 is 2.43 bits per heavy atom. The van der Waals surface area contributed by atoms with Gasteiger partial charge in [-0.05, 0) is 6.92 Å². The van der Waals surface area contributed by atoms with Crippen LogP contribution in [0.2, 0.25) is 0 Å². The Hall–Kier alpha value is -2.05. The number of anilines is 3.